The van der Waals surface area contributed by atoms with Gasteiger partial charge in [-0.3, -0.25) is 4.79 Å². The molecule has 0 aromatic heterocycles. The normalized spacial score (nSPS) is 22.8. The van der Waals surface area contributed by atoms with Crippen LogP contribution in [0, 0.1) is 11.3 Å². The second-order valence-corrected chi connectivity index (χ2v) is 5.43. The molecule has 1 amide bonds. The molecule has 1 heterocycles. The molecule has 1 atom stereocenters. The summed E-state index contributed by atoms with van der Waals surface area (Å²) in [5.41, 5.74) is 0.601. The molecule has 1 unspecified atom stereocenters. The largest absolute Gasteiger partial charge is 0.388 e. The molecule has 1 aromatic carbocycles. The van der Waals surface area contributed by atoms with Gasteiger partial charge < -0.3 is 10.0 Å². The molecule has 4 nitrogen and oxygen atoms in total. The Bertz CT molecular complexity index is 570. The third kappa shape index (κ3) is 3.69. The molecule has 1 aliphatic rings. The molecule has 0 aliphatic carbocycles. The van der Waals surface area contributed by atoms with E-state index in [1.165, 1.54) is 6.08 Å². The summed E-state index contributed by atoms with van der Waals surface area (Å²) >= 11 is 0. The van der Waals surface area contributed by atoms with E-state index in [0.717, 1.165) is 18.4 Å². The first kappa shape index (κ1) is 14.3. The maximum atomic E-state index is 12.1. The Labute approximate surface area is 118 Å². The average molecular weight is 270 g/mol. The van der Waals surface area contributed by atoms with Gasteiger partial charge in [-0.25, -0.2) is 0 Å². The number of likely N-dealkylation sites (tertiary alicyclic amines) is 1. The average Bonchev–Trinajstić information content (AvgIpc) is 2.44. The van der Waals surface area contributed by atoms with Crippen LogP contribution in [0.2, 0.25) is 0 Å². The molecule has 0 spiro atoms. The summed E-state index contributed by atoms with van der Waals surface area (Å²) < 4.78 is 0. The summed E-state index contributed by atoms with van der Waals surface area (Å²) in [7, 11) is 0. The fourth-order valence-corrected chi connectivity index (χ4v) is 2.39. The second-order valence-electron chi connectivity index (χ2n) is 5.43. The first-order chi connectivity index (χ1) is 9.50. The Kier molecular flexibility index (Phi) is 4.21. The number of rotatable bonds is 2. The molecule has 0 saturated carbocycles. The van der Waals surface area contributed by atoms with E-state index in [1.54, 1.807) is 36.1 Å². The van der Waals surface area contributed by atoms with Crippen molar-refractivity contribution in [2.75, 3.05) is 13.1 Å². The molecule has 1 aliphatic heterocycles. The zero-order valence-electron chi connectivity index (χ0n) is 11.5. The maximum Gasteiger partial charge on any atom is 0.246 e. The molecule has 1 N–H and O–H groups in total. The lowest BCUT2D eigenvalue weighted by molar-refractivity contribution is -0.132. The topological polar surface area (TPSA) is 64.3 Å². The van der Waals surface area contributed by atoms with Crippen molar-refractivity contribution >= 4 is 12.0 Å². The Balaban J connectivity index is 2.03. The number of carbonyl (C=O) groups excluding carboxylic acids is 1. The molecule has 1 aromatic rings. The van der Waals surface area contributed by atoms with E-state index in [2.05, 4.69) is 6.07 Å². The van der Waals surface area contributed by atoms with Crippen molar-refractivity contribution in [1.29, 1.82) is 5.26 Å². The van der Waals surface area contributed by atoms with Gasteiger partial charge in [0, 0.05) is 19.2 Å². The zero-order chi connectivity index (χ0) is 14.6. The highest BCUT2D eigenvalue weighted by atomic mass is 16.3. The summed E-state index contributed by atoms with van der Waals surface area (Å²) in [6.07, 6.45) is 4.74. The molecule has 104 valence electrons. The summed E-state index contributed by atoms with van der Waals surface area (Å²) in [6.45, 7) is 2.80. The quantitative estimate of drug-likeness (QED) is 0.835. The minimum Gasteiger partial charge on any atom is -0.388 e. The molecule has 0 radical (unpaired) electrons. The Morgan fingerprint density at radius 2 is 2.35 bits per heavy atom. The van der Waals surface area contributed by atoms with Crippen molar-refractivity contribution in [3.63, 3.8) is 0 Å². The van der Waals surface area contributed by atoms with Gasteiger partial charge in [-0.15, -0.1) is 0 Å². The van der Waals surface area contributed by atoms with Gasteiger partial charge >= 0.3 is 0 Å². The molecule has 4 heteroatoms. The number of benzene rings is 1. The van der Waals surface area contributed by atoms with Crippen molar-refractivity contribution < 1.29 is 9.90 Å². The van der Waals surface area contributed by atoms with E-state index in [-0.39, 0.29) is 5.91 Å². The number of hydrogen-bond donors (Lipinski definition) is 1. The highest BCUT2D eigenvalue weighted by Crippen LogP contribution is 2.20. The number of nitrogens with zero attached hydrogens (tertiary/aromatic N) is 2. The number of nitriles is 1. The van der Waals surface area contributed by atoms with Crippen molar-refractivity contribution in [2.45, 2.75) is 25.4 Å². The predicted molar refractivity (Wildman–Crippen MR) is 76.6 cm³/mol. The summed E-state index contributed by atoms with van der Waals surface area (Å²) in [5.74, 6) is -0.104. The lowest BCUT2D eigenvalue weighted by Crippen LogP contribution is -2.48. The first-order valence-electron chi connectivity index (χ1n) is 6.70. The highest BCUT2D eigenvalue weighted by molar-refractivity contribution is 5.91. The summed E-state index contributed by atoms with van der Waals surface area (Å²) in [6, 6.07) is 9.15. The molecule has 1 saturated heterocycles. The Morgan fingerprint density at radius 1 is 1.55 bits per heavy atom. The molecule has 20 heavy (non-hydrogen) atoms. The van der Waals surface area contributed by atoms with E-state index >= 15 is 0 Å². The van der Waals surface area contributed by atoms with Crippen LogP contribution in [0.1, 0.15) is 30.9 Å². The van der Waals surface area contributed by atoms with Crippen LogP contribution in [0.5, 0.6) is 0 Å². The SMILES string of the molecule is CC1(O)CCCN(C(=O)/C=C/c2cccc(C#N)c2)C1. The van der Waals surface area contributed by atoms with Crippen LogP contribution in [0.25, 0.3) is 6.08 Å². The number of hydrogen-bond acceptors (Lipinski definition) is 3. The molecule has 0 bridgehead atoms. The van der Waals surface area contributed by atoms with Gasteiger partial charge in [0.2, 0.25) is 5.91 Å². The minimum absolute atomic E-state index is 0.104. The van der Waals surface area contributed by atoms with Crippen molar-refractivity contribution in [3.8, 4) is 6.07 Å². The number of carbonyl (C=O) groups is 1. The van der Waals surface area contributed by atoms with E-state index in [4.69, 9.17) is 5.26 Å². The maximum absolute atomic E-state index is 12.1. The van der Waals surface area contributed by atoms with Crippen LogP contribution in [0.4, 0.5) is 0 Å². The lowest BCUT2D eigenvalue weighted by atomic mass is 9.95. The van der Waals surface area contributed by atoms with Gasteiger partial charge in [0.1, 0.15) is 0 Å². The highest BCUT2D eigenvalue weighted by Gasteiger charge is 2.29. The van der Waals surface area contributed by atoms with Gasteiger partial charge in [-0.1, -0.05) is 12.1 Å². The van der Waals surface area contributed by atoms with Crippen LogP contribution < -0.4 is 0 Å². The summed E-state index contributed by atoms with van der Waals surface area (Å²) in [5, 5.41) is 18.8. The first-order valence-corrected chi connectivity index (χ1v) is 6.70. The van der Waals surface area contributed by atoms with Crippen molar-refractivity contribution in [3.05, 3.63) is 41.5 Å². The second kappa shape index (κ2) is 5.89. The monoisotopic (exact) mass is 270 g/mol. The summed E-state index contributed by atoms with van der Waals surface area (Å²) in [4.78, 5) is 13.7. The molecular formula is C16H18N2O2. The van der Waals surface area contributed by atoms with E-state index < -0.39 is 5.60 Å². The number of aliphatic hydroxyl groups is 1. The standard InChI is InChI=1S/C16H18N2O2/c1-16(20)8-3-9-18(12-16)15(19)7-6-13-4-2-5-14(10-13)11-17/h2,4-7,10,20H,3,8-9,12H2,1H3/b7-6+. The van der Waals surface area contributed by atoms with Gasteiger partial charge in [-0.05, 0) is 43.5 Å². The number of amides is 1. The fourth-order valence-electron chi connectivity index (χ4n) is 2.39. The van der Waals surface area contributed by atoms with Gasteiger partial charge in [0.15, 0.2) is 0 Å². The Morgan fingerprint density at radius 3 is 3.05 bits per heavy atom. The van der Waals surface area contributed by atoms with E-state index in [0.29, 0.717) is 18.7 Å². The lowest BCUT2D eigenvalue weighted by Gasteiger charge is -2.36. The number of piperidine rings is 1. The fraction of sp³-hybridized carbons (Fsp3) is 0.375. The molecular weight excluding hydrogens is 252 g/mol. The van der Waals surface area contributed by atoms with E-state index in [1.807, 2.05) is 6.07 Å². The van der Waals surface area contributed by atoms with Crippen molar-refractivity contribution in [2.24, 2.45) is 0 Å². The van der Waals surface area contributed by atoms with Crippen LogP contribution in [-0.2, 0) is 4.79 Å². The predicted octanol–water partition coefficient (Wildman–Crippen LogP) is 1.94. The van der Waals surface area contributed by atoms with Crippen LogP contribution >= 0.6 is 0 Å². The number of β-amino-alcohol motifs (C(OH)–C–C–N with tert-alkyl or cyclic N) is 1. The van der Waals surface area contributed by atoms with Gasteiger partial charge in [0.05, 0.1) is 17.2 Å². The third-order valence-electron chi connectivity index (χ3n) is 3.42. The Hall–Kier alpha value is -2.12. The third-order valence-corrected chi connectivity index (χ3v) is 3.42. The minimum atomic E-state index is -0.789. The van der Waals surface area contributed by atoms with Gasteiger partial charge in [-0.2, -0.15) is 5.26 Å². The van der Waals surface area contributed by atoms with E-state index in [9.17, 15) is 9.90 Å². The molecule has 1 fully saturated rings. The van der Waals surface area contributed by atoms with Crippen LogP contribution in [-0.4, -0.2) is 34.6 Å². The zero-order valence-corrected chi connectivity index (χ0v) is 11.5. The van der Waals surface area contributed by atoms with Gasteiger partial charge in [0.25, 0.3) is 0 Å². The van der Waals surface area contributed by atoms with Crippen molar-refractivity contribution in [1.82, 2.24) is 4.90 Å². The van der Waals surface area contributed by atoms with Crippen LogP contribution in [0.15, 0.2) is 30.3 Å². The smallest absolute Gasteiger partial charge is 0.246 e. The molecule has 2 rings (SSSR count). The van der Waals surface area contributed by atoms with Crippen LogP contribution in [0.3, 0.4) is 0 Å².